The summed E-state index contributed by atoms with van der Waals surface area (Å²) in [5, 5.41) is 12.5. The van der Waals surface area contributed by atoms with Crippen molar-refractivity contribution in [2.75, 3.05) is 17.2 Å². The Morgan fingerprint density at radius 2 is 2.29 bits per heavy atom. The van der Waals surface area contributed by atoms with E-state index in [2.05, 4.69) is 20.8 Å². The van der Waals surface area contributed by atoms with Crippen LogP contribution < -0.4 is 10.6 Å². The number of carbonyl (C=O) groups excluding carboxylic acids is 1. The number of fused-ring (bicyclic) bond motifs is 1. The van der Waals surface area contributed by atoms with Crippen molar-refractivity contribution in [3.05, 3.63) is 42.2 Å². The maximum absolute atomic E-state index is 12.1. The fraction of sp³-hybridized carbons (Fsp3) is 0.167. The molecule has 0 saturated heterocycles. The molecule has 0 radical (unpaired) electrons. The predicted octanol–water partition coefficient (Wildman–Crippen LogP) is 1.56. The molecule has 86 valence electrons. The zero-order valence-electron chi connectivity index (χ0n) is 9.10. The zero-order valence-corrected chi connectivity index (χ0v) is 9.10. The highest BCUT2D eigenvalue weighted by atomic mass is 16.1. The van der Waals surface area contributed by atoms with Crippen molar-refractivity contribution in [2.24, 2.45) is 0 Å². The normalized spacial score (nSPS) is 17.3. The molecule has 0 fully saturated rings. The van der Waals surface area contributed by atoms with Crippen LogP contribution in [0.4, 0.5) is 11.4 Å². The number of para-hydroxylation sites is 1. The number of anilines is 2. The number of carbonyl (C=O) groups is 1. The molecule has 1 unspecified atom stereocenters. The summed E-state index contributed by atoms with van der Waals surface area (Å²) < 4.78 is 0. The lowest BCUT2D eigenvalue weighted by atomic mass is 10.0. The van der Waals surface area contributed by atoms with E-state index in [1.54, 1.807) is 12.4 Å². The quantitative estimate of drug-likeness (QED) is 0.730. The number of benzene rings is 1. The molecule has 2 heterocycles. The molecule has 1 atom stereocenters. The van der Waals surface area contributed by atoms with Gasteiger partial charge >= 0.3 is 0 Å². The van der Waals surface area contributed by atoms with Gasteiger partial charge in [-0.3, -0.25) is 9.89 Å². The molecule has 3 N–H and O–H groups in total. The number of H-pyrrole nitrogens is 1. The van der Waals surface area contributed by atoms with Gasteiger partial charge in [0, 0.05) is 18.4 Å². The van der Waals surface area contributed by atoms with Crippen LogP contribution in [0.15, 0.2) is 36.7 Å². The fourth-order valence-electron chi connectivity index (χ4n) is 2.07. The Balaban J connectivity index is 1.80. The van der Waals surface area contributed by atoms with Crippen molar-refractivity contribution in [2.45, 2.75) is 5.92 Å². The Labute approximate surface area is 98.2 Å². The lowest BCUT2D eigenvalue weighted by Crippen LogP contribution is -2.22. The number of rotatable bonds is 2. The van der Waals surface area contributed by atoms with Gasteiger partial charge in [0.1, 0.15) is 0 Å². The molecule has 2 aromatic rings. The van der Waals surface area contributed by atoms with Gasteiger partial charge in [0.15, 0.2) is 0 Å². The van der Waals surface area contributed by atoms with E-state index in [0.29, 0.717) is 12.2 Å². The summed E-state index contributed by atoms with van der Waals surface area (Å²) in [5.74, 6) is -0.148. The van der Waals surface area contributed by atoms with Gasteiger partial charge in [-0.15, -0.1) is 0 Å². The second kappa shape index (κ2) is 3.93. The number of nitrogens with one attached hydrogen (secondary N) is 3. The molecular weight excluding hydrogens is 216 g/mol. The van der Waals surface area contributed by atoms with Gasteiger partial charge in [-0.1, -0.05) is 18.2 Å². The monoisotopic (exact) mass is 228 g/mol. The Morgan fingerprint density at radius 3 is 3.12 bits per heavy atom. The van der Waals surface area contributed by atoms with Gasteiger partial charge in [0.2, 0.25) is 5.91 Å². The van der Waals surface area contributed by atoms with Crippen LogP contribution in [0, 0.1) is 0 Å². The summed E-state index contributed by atoms with van der Waals surface area (Å²) in [5.41, 5.74) is 2.78. The summed E-state index contributed by atoms with van der Waals surface area (Å²) in [7, 11) is 0. The van der Waals surface area contributed by atoms with Crippen molar-refractivity contribution in [3.8, 4) is 0 Å². The largest absolute Gasteiger partial charge is 0.384 e. The molecule has 1 amide bonds. The minimum absolute atomic E-state index is 0.0103. The molecule has 0 spiro atoms. The number of amides is 1. The minimum atomic E-state index is -0.138. The van der Waals surface area contributed by atoms with Gasteiger partial charge in [-0.05, 0) is 11.6 Å². The lowest BCUT2D eigenvalue weighted by molar-refractivity contribution is -0.117. The first-order valence-electron chi connectivity index (χ1n) is 5.47. The first-order valence-corrected chi connectivity index (χ1v) is 5.47. The van der Waals surface area contributed by atoms with Crippen molar-refractivity contribution in [3.63, 3.8) is 0 Å². The summed E-state index contributed by atoms with van der Waals surface area (Å²) in [4.78, 5) is 12.1. The summed E-state index contributed by atoms with van der Waals surface area (Å²) >= 11 is 0. The molecule has 0 bridgehead atoms. The van der Waals surface area contributed by atoms with Crippen molar-refractivity contribution < 1.29 is 4.79 Å². The topological polar surface area (TPSA) is 69.8 Å². The number of nitrogens with zero attached hydrogens (tertiary/aromatic N) is 1. The first-order chi connectivity index (χ1) is 8.34. The SMILES string of the molecule is O=C(Nc1cn[nH]c1)C1CNc2ccccc21. The summed E-state index contributed by atoms with van der Waals surface area (Å²) in [6.07, 6.45) is 3.25. The minimum Gasteiger partial charge on any atom is -0.384 e. The number of hydrogen-bond acceptors (Lipinski definition) is 3. The van der Waals surface area contributed by atoms with Gasteiger partial charge in [-0.25, -0.2) is 0 Å². The van der Waals surface area contributed by atoms with E-state index in [1.807, 2.05) is 24.3 Å². The number of aromatic amines is 1. The van der Waals surface area contributed by atoms with Crippen LogP contribution in [0.2, 0.25) is 0 Å². The molecule has 5 nitrogen and oxygen atoms in total. The standard InChI is InChI=1S/C12H12N4O/c17-12(16-8-5-14-15-6-8)10-7-13-11-4-2-1-3-9(10)11/h1-6,10,13H,7H2,(H,14,15)(H,16,17). The summed E-state index contributed by atoms with van der Waals surface area (Å²) in [6.45, 7) is 0.642. The van der Waals surface area contributed by atoms with Crippen molar-refractivity contribution in [1.82, 2.24) is 10.2 Å². The van der Waals surface area contributed by atoms with Crippen LogP contribution in [0.3, 0.4) is 0 Å². The third-order valence-electron chi connectivity index (χ3n) is 2.92. The fourth-order valence-corrected chi connectivity index (χ4v) is 2.07. The van der Waals surface area contributed by atoms with Crippen LogP contribution in [0.5, 0.6) is 0 Å². The van der Waals surface area contributed by atoms with Crippen LogP contribution in [-0.4, -0.2) is 22.6 Å². The lowest BCUT2D eigenvalue weighted by Gasteiger charge is -2.09. The summed E-state index contributed by atoms with van der Waals surface area (Å²) in [6, 6.07) is 7.88. The average molecular weight is 228 g/mol. The van der Waals surface area contributed by atoms with E-state index in [-0.39, 0.29) is 11.8 Å². The predicted molar refractivity (Wildman–Crippen MR) is 64.9 cm³/mol. The van der Waals surface area contributed by atoms with E-state index < -0.39 is 0 Å². The molecule has 0 aliphatic carbocycles. The second-order valence-corrected chi connectivity index (χ2v) is 4.00. The third-order valence-corrected chi connectivity index (χ3v) is 2.92. The molecule has 1 aromatic carbocycles. The zero-order chi connectivity index (χ0) is 11.7. The smallest absolute Gasteiger partial charge is 0.233 e. The maximum Gasteiger partial charge on any atom is 0.233 e. The molecule has 1 aliphatic heterocycles. The molecule has 1 aliphatic rings. The first kappa shape index (κ1) is 9.89. The van der Waals surface area contributed by atoms with Crippen molar-refractivity contribution >= 4 is 17.3 Å². The maximum atomic E-state index is 12.1. The highest BCUT2D eigenvalue weighted by Crippen LogP contribution is 2.31. The van der Waals surface area contributed by atoms with E-state index in [0.717, 1.165) is 11.3 Å². The Hall–Kier alpha value is -2.30. The molecule has 17 heavy (non-hydrogen) atoms. The molecule has 0 saturated carbocycles. The second-order valence-electron chi connectivity index (χ2n) is 4.00. The van der Waals surface area contributed by atoms with Gasteiger partial charge in [0.25, 0.3) is 0 Å². The third kappa shape index (κ3) is 1.75. The van der Waals surface area contributed by atoms with Crippen LogP contribution in [0.1, 0.15) is 11.5 Å². The molecule has 1 aromatic heterocycles. The Bertz CT molecular complexity index is 535. The number of hydrogen-bond donors (Lipinski definition) is 3. The number of aromatic nitrogens is 2. The van der Waals surface area contributed by atoms with Gasteiger partial charge in [-0.2, -0.15) is 5.10 Å². The van der Waals surface area contributed by atoms with E-state index >= 15 is 0 Å². The van der Waals surface area contributed by atoms with E-state index in [4.69, 9.17) is 0 Å². The van der Waals surface area contributed by atoms with Crippen LogP contribution in [0.25, 0.3) is 0 Å². The Kier molecular flexibility index (Phi) is 2.29. The van der Waals surface area contributed by atoms with Crippen molar-refractivity contribution in [1.29, 1.82) is 0 Å². The molecule has 3 rings (SSSR count). The molecule has 5 heteroatoms. The van der Waals surface area contributed by atoms with Gasteiger partial charge < -0.3 is 10.6 Å². The van der Waals surface area contributed by atoms with E-state index in [9.17, 15) is 4.79 Å². The average Bonchev–Trinajstić information content (AvgIpc) is 2.96. The van der Waals surface area contributed by atoms with Crippen LogP contribution in [-0.2, 0) is 4.79 Å². The highest BCUT2D eigenvalue weighted by Gasteiger charge is 2.28. The van der Waals surface area contributed by atoms with E-state index in [1.165, 1.54) is 0 Å². The van der Waals surface area contributed by atoms with Crippen LogP contribution >= 0.6 is 0 Å². The Morgan fingerprint density at radius 1 is 1.41 bits per heavy atom. The molecular formula is C12H12N4O. The highest BCUT2D eigenvalue weighted by molar-refractivity contribution is 5.98. The van der Waals surface area contributed by atoms with Gasteiger partial charge in [0.05, 0.1) is 17.8 Å².